The van der Waals surface area contributed by atoms with Crippen LogP contribution in [0.25, 0.3) is 0 Å². The summed E-state index contributed by atoms with van der Waals surface area (Å²) in [5, 5.41) is 5.67. The summed E-state index contributed by atoms with van der Waals surface area (Å²) >= 11 is 1.83. The second kappa shape index (κ2) is 7.14. The molecule has 0 aliphatic heterocycles. The van der Waals surface area contributed by atoms with Gasteiger partial charge in [0.25, 0.3) is 0 Å². The molecule has 0 atom stereocenters. The summed E-state index contributed by atoms with van der Waals surface area (Å²) in [5.74, 6) is 0. The maximum absolute atomic E-state index is 5.96. The van der Waals surface area contributed by atoms with Crippen molar-refractivity contribution in [2.45, 2.75) is 51.2 Å². The summed E-state index contributed by atoms with van der Waals surface area (Å²) in [7, 11) is 0. The standard InChI is InChI=1S/C14H23NOS/c1-2-15-12-5-7-13(8-6-12)16-10-9-14-4-3-11-17-14/h3-4,11-13,15H,2,5-10H2,1H3. The Balaban J connectivity index is 1.58. The first-order valence-corrected chi connectivity index (χ1v) is 7.64. The summed E-state index contributed by atoms with van der Waals surface area (Å²) in [5.41, 5.74) is 0. The van der Waals surface area contributed by atoms with Gasteiger partial charge in [0.1, 0.15) is 0 Å². The fourth-order valence-corrected chi connectivity index (χ4v) is 3.19. The molecule has 0 radical (unpaired) electrons. The molecule has 1 aromatic rings. The summed E-state index contributed by atoms with van der Waals surface area (Å²) in [6.07, 6.45) is 6.58. The van der Waals surface area contributed by atoms with E-state index in [0.29, 0.717) is 6.10 Å². The van der Waals surface area contributed by atoms with E-state index in [-0.39, 0.29) is 0 Å². The number of thiophene rings is 1. The molecule has 96 valence electrons. The summed E-state index contributed by atoms with van der Waals surface area (Å²) in [6, 6.07) is 5.04. The van der Waals surface area contributed by atoms with E-state index in [0.717, 1.165) is 25.6 Å². The molecule has 0 amide bonds. The zero-order valence-electron chi connectivity index (χ0n) is 10.7. The molecule has 1 saturated carbocycles. The Morgan fingerprint density at radius 1 is 1.35 bits per heavy atom. The molecule has 1 aromatic heterocycles. The molecule has 1 fully saturated rings. The van der Waals surface area contributed by atoms with Gasteiger partial charge < -0.3 is 10.1 Å². The Bertz CT molecular complexity index is 291. The number of hydrogen-bond donors (Lipinski definition) is 1. The SMILES string of the molecule is CCNC1CCC(OCCc2cccs2)CC1. The topological polar surface area (TPSA) is 21.3 Å². The minimum absolute atomic E-state index is 0.505. The normalized spacial score (nSPS) is 25.0. The number of ether oxygens (including phenoxy) is 1. The lowest BCUT2D eigenvalue weighted by Crippen LogP contribution is -2.35. The molecule has 3 heteroatoms. The Morgan fingerprint density at radius 2 is 2.18 bits per heavy atom. The van der Waals surface area contributed by atoms with Crippen molar-refractivity contribution in [2.75, 3.05) is 13.2 Å². The third-order valence-corrected chi connectivity index (χ3v) is 4.39. The van der Waals surface area contributed by atoms with Crippen LogP contribution in [0.1, 0.15) is 37.5 Å². The van der Waals surface area contributed by atoms with Crippen molar-refractivity contribution in [3.8, 4) is 0 Å². The van der Waals surface area contributed by atoms with Crippen LogP contribution in [-0.4, -0.2) is 25.3 Å². The molecule has 0 aromatic carbocycles. The van der Waals surface area contributed by atoms with Gasteiger partial charge in [-0.1, -0.05) is 13.0 Å². The van der Waals surface area contributed by atoms with Crippen molar-refractivity contribution in [2.24, 2.45) is 0 Å². The lowest BCUT2D eigenvalue weighted by atomic mass is 9.93. The van der Waals surface area contributed by atoms with E-state index in [1.54, 1.807) is 0 Å². The zero-order valence-corrected chi connectivity index (χ0v) is 11.5. The molecular weight excluding hydrogens is 230 g/mol. The quantitative estimate of drug-likeness (QED) is 0.840. The highest BCUT2D eigenvalue weighted by Crippen LogP contribution is 2.21. The van der Waals surface area contributed by atoms with Crippen LogP contribution in [0.3, 0.4) is 0 Å². The van der Waals surface area contributed by atoms with Gasteiger partial charge in [0, 0.05) is 17.3 Å². The van der Waals surface area contributed by atoms with Gasteiger partial charge >= 0.3 is 0 Å². The van der Waals surface area contributed by atoms with E-state index in [1.807, 2.05) is 11.3 Å². The third kappa shape index (κ3) is 4.41. The first-order valence-electron chi connectivity index (χ1n) is 6.76. The van der Waals surface area contributed by atoms with Crippen LogP contribution in [0.4, 0.5) is 0 Å². The molecule has 0 bridgehead atoms. The molecule has 0 spiro atoms. The maximum atomic E-state index is 5.96. The van der Waals surface area contributed by atoms with Gasteiger partial charge in [-0.05, 0) is 43.7 Å². The number of hydrogen-bond acceptors (Lipinski definition) is 3. The van der Waals surface area contributed by atoms with Crippen molar-refractivity contribution >= 4 is 11.3 Å². The maximum Gasteiger partial charge on any atom is 0.0576 e. The third-order valence-electron chi connectivity index (χ3n) is 3.45. The molecule has 1 aliphatic rings. The average molecular weight is 253 g/mol. The van der Waals surface area contributed by atoms with Crippen LogP contribution in [-0.2, 0) is 11.2 Å². The lowest BCUT2D eigenvalue weighted by Gasteiger charge is -2.28. The van der Waals surface area contributed by atoms with Crippen LogP contribution in [0, 0.1) is 0 Å². The van der Waals surface area contributed by atoms with Crippen molar-refractivity contribution in [3.63, 3.8) is 0 Å². The van der Waals surface area contributed by atoms with E-state index < -0.39 is 0 Å². The molecule has 1 aliphatic carbocycles. The molecule has 17 heavy (non-hydrogen) atoms. The van der Waals surface area contributed by atoms with E-state index in [9.17, 15) is 0 Å². The smallest absolute Gasteiger partial charge is 0.0576 e. The second-order valence-corrected chi connectivity index (χ2v) is 5.76. The molecular formula is C14H23NOS. The predicted molar refractivity (Wildman–Crippen MR) is 73.7 cm³/mol. The fraction of sp³-hybridized carbons (Fsp3) is 0.714. The minimum atomic E-state index is 0.505. The van der Waals surface area contributed by atoms with Crippen LogP contribution in [0.2, 0.25) is 0 Å². The van der Waals surface area contributed by atoms with Gasteiger partial charge in [0.15, 0.2) is 0 Å². The first kappa shape index (κ1) is 13.1. The summed E-state index contributed by atoms with van der Waals surface area (Å²) in [6.45, 7) is 4.16. The number of rotatable bonds is 6. The van der Waals surface area contributed by atoms with Crippen LogP contribution < -0.4 is 5.32 Å². The highest BCUT2D eigenvalue weighted by Gasteiger charge is 2.20. The van der Waals surface area contributed by atoms with E-state index in [2.05, 4.69) is 29.8 Å². The Kier molecular flexibility index (Phi) is 5.49. The van der Waals surface area contributed by atoms with Crippen LogP contribution >= 0.6 is 11.3 Å². The van der Waals surface area contributed by atoms with E-state index >= 15 is 0 Å². The van der Waals surface area contributed by atoms with Crippen molar-refractivity contribution in [1.29, 1.82) is 0 Å². The summed E-state index contributed by atoms with van der Waals surface area (Å²) < 4.78 is 5.96. The van der Waals surface area contributed by atoms with Gasteiger partial charge in [-0.2, -0.15) is 0 Å². The van der Waals surface area contributed by atoms with E-state index in [1.165, 1.54) is 30.6 Å². The van der Waals surface area contributed by atoms with Gasteiger partial charge in [-0.15, -0.1) is 11.3 Å². The number of nitrogens with one attached hydrogen (secondary N) is 1. The molecule has 2 rings (SSSR count). The Labute approximate surface area is 108 Å². The molecule has 0 saturated heterocycles. The average Bonchev–Trinajstić information content (AvgIpc) is 2.85. The van der Waals surface area contributed by atoms with Crippen LogP contribution in [0.5, 0.6) is 0 Å². The second-order valence-electron chi connectivity index (χ2n) is 4.73. The van der Waals surface area contributed by atoms with Crippen molar-refractivity contribution in [1.82, 2.24) is 5.32 Å². The Hall–Kier alpha value is -0.380. The van der Waals surface area contributed by atoms with Crippen molar-refractivity contribution in [3.05, 3.63) is 22.4 Å². The largest absolute Gasteiger partial charge is 0.378 e. The lowest BCUT2D eigenvalue weighted by molar-refractivity contribution is 0.0247. The van der Waals surface area contributed by atoms with Gasteiger partial charge in [-0.25, -0.2) is 0 Å². The highest BCUT2D eigenvalue weighted by atomic mass is 32.1. The zero-order chi connectivity index (χ0) is 11.9. The molecule has 1 heterocycles. The Morgan fingerprint density at radius 3 is 2.82 bits per heavy atom. The van der Waals surface area contributed by atoms with Crippen molar-refractivity contribution < 1.29 is 4.74 Å². The molecule has 2 nitrogen and oxygen atoms in total. The van der Waals surface area contributed by atoms with Gasteiger partial charge in [-0.3, -0.25) is 0 Å². The predicted octanol–water partition coefficient (Wildman–Crippen LogP) is 3.23. The first-order chi connectivity index (χ1) is 8.38. The monoisotopic (exact) mass is 253 g/mol. The highest BCUT2D eigenvalue weighted by molar-refractivity contribution is 7.09. The van der Waals surface area contributed by atoms with E-state index in [4.69, 9.17) is 4.74 Å². The van der Waals surface area contributed by atoms with Gasteiger partial charge in [0.2, 0.25) is 0 Å². The molecule has 0 unspecified atom stereocenters. The van der Waals surface area contributed by atoms with Gasteiger partial charge in [0.05, 0.1) is 12.7 Å². The minimum Gasteiger partial charge on any atom is -0.378 e. The van der Waals surface area contributed by atoms with Crippen LogP contribution in [0.15, 0.2) is 17.5 Å². The fourth-order valence-electron chi connectivity index (χ4n) is 2.50. The molecule has 1 N–H and O–H groups in total. The summed E-state index contributed by atoms with van der Waals surface area (Å²) in [4.78, 5) is 1.44.